The highest BCUT2D eigenvalue weighted by molar-refractivity contribution is 5.80. The summed E-state index contributed by atoms with van der Waals surface area (Å²) in [6.45, 7) is 6.44. The van der Waals surface area contributed by atoms with Crippen LogP contribution in [-0.4, -0.2) is 31.3 Å². The molecule has 0 amide bonds. The predicted molar refractivity (Wildman–Crippen MR) is 82.6 cm³/mol. The number of hydrogen-bond acceptors (Lipinski definition) is 4. The number of benzene rings is 1. The minimum Gasteiger partial charge on any atom is -0.493 e. The van der Waals surface area contributed by atoms with Crippen molar-refractivity contribution in [1.29, 1.82) is 0 Å². The topological polar surface area (TPSA) is 47.6 Å². The molecule has 0 aromatic heterocycles. The number of carbonyl (C=O) groups is 1. The number of ether oxygens (including phenoxy) is 2. The molecule has 4 nitrogen and oxygen atoms in total. The van der Waals surface area contributed by atoms with Crippen LogP contribution < -0.4 is 10.1 Å². The molecule has 0 aliphatic heterocycles. The van der Waals surface area contributed by atoms with Crippen LogP contribution in [0.15, 0.2) is 18.2 Å². The van der Waals surface area contributed by atoms with Crippen molar-refractivity contribution in [3.63, 3.8) is 0 Å². The minimum atomic E-state index is -0.674. The number of carbonyl (C=O) groups excluding carboxylic acids is 1. The van der Waals surface area contributed by atoms with E-state index >= 15 is 0 Å². The zero-order valence-electron chi connectivity index (χ0n) is 13.4. The minimum absolute atomic E-state index is 0.223. The number of rotatable bonds is 7. The first-order valence-corrected chi connectivity index (χ1v) is 7.51. The van der Waals surface area contributed by atoms with Crippen molar-refractivity contribution < 1.29 is 14.3 Å². The van der Waals surface area contributed by atoms with Gasteiger partial charge in [-0.15, -0.1) is 0 Å². The molecule has 1 aromatic rings. The van der Waals surface area contributed by atoms with Crippen molar-refractivity contribution in [2.75, 3.05) is 13.7 Å². The maximum Gasteiger partial charge on any atom is 0.325 e. The van der Waals surface area contributed by atoms with Crippen molar-refractivity contribution in [2.24, 2.45) is 0 Å². The number of nitrogens with one attached hydrogen (secondary N) is 1. The molecule has 1 N–H and O–H groups in total. The summed E-state index contributed by atoms with van der Waals surface area (Å²) < 4.78 is 10.8. The predicted octanol–water partition coefficient (Wildman–Crippen LogP) is 2.76. The van der Waals surface area contributed by atoms with Gasteiger partial charge in [-0.3, -0.25) is 10.1 Å². The summed E-state index contributed by atoms with van der Waals surface area (Å²) in [5.74, 6) is 0.690. The van der Waals surface area contributed by atoms with E-state index < -0.39 is 5.54 Å². The molecule has 4 heteroatoms. The van der Waals surface area contributed by atoms with E-state index in [-0.39, 0.29) is 5.97 Å². The molecule has 0 spiro atoms. The quantitative estimate of drug-likeness (QED) is 0.785. The van der Waals surface area contributed by atoms with E-state index in [1.807, 2.05) is 39.0 Å². The van der Waals surface area contributed by atoms with Crippen molar-refractivity contribution in [1.82, 2.24) is 5.32 Å². The van der Waals surface area contributed by atoms with Crippen molar-refractivity contribution in [2.45, 2.75) is 51.6 Å². The first-order valence-electron chi connectivity index (χ1n) is 7.51. The van der Waals surface area contributed by atoms with Crippen LogP contribution in [0, 0.1) is 13.8 Å². The second-order valence-electron chi connectivity index (χ2n) is 6.06. The Balaban J connectivity index is 1.97. The molecule has 116 valence electrons. The van der Waals surface area contributed by atoms with Gasteiger partial charge in [0.1, 0.15) is 11.3 Å². The number of para-hydroxylation sites is 1. The fourth-order valence-corrected chi connectivity index (χ4v) is 2.52. The summed E-state index contributed by atoms with van der Waals surface area (Å²) in [6, 6.07) is 6.52. The SMILES string of the molecule is COC(=O)C(C)(CCOc1c(C)cccc1C)NC1CC1. The van der Waals surface area contributed by atoms with Gasteiger partial charge in [0.15, 0.2) is 0 Å². The average Bonchev–Trinajstić information content (AvgIpc) is 3.25. The van der Waals surface area contributed by atoms with Crippen LogP contribution in [0.4, 0.5) is 0 Å². The molecule has 1 atom stereocenters. The molecule has 1 fully saturated rings. The first kappa shape index (κ1) is 15.8. The Kier molecular flexibility index (Phi) is 4.88. The lowest BCUT2D eigenvalue weighted by atomic mass is 9.98. The van der Waals surface area contributed by atoms with Gasteiger partial charge in [0, 0.05) is 12.5 Å². The Morgan fingerprint density at radius 1 is 1.33 bits per heavy atom. The van der Waals surface area contributed by atoms with Gasteiger partial charge < -0.3 is 9.47 Å². The van der Waals surface area contributed by atoms with Gasteiger partial charge in [-0.05, 0) is 44.7 Å². The van der Waals surface area contributed by atoms with Gasteiger partial charge in [0.05, 0.1) is 13.7 Å². The van der Waals surface area contributed by atoms with Crippen LogP contribution in [0.5, 0.6) is 5.75 Å². The molecular weight excluding hydrogens is 266 g/mol. The van der Waals surface area contributed by atoms with Crippen LogP contribution in [0.1, 0.15) is 37.3 Å². The van der Waals surface area contributed by atoms with Gasteiger partial charge in [-0.1, -0.05) is 18.2 Å². The summed E-state index contributed by atoms with van der Waals surface area (Å²) in [5, 5.41) is 3.38. The van der Waals surface area contributed by atoms with Crippen LogP contribution in [-0.2, 0) is 9.53 Å². The smallest absolute Gasteiger partial charge is 0.325 e. The standard InChI is InChI=1S/C17H25NO3/c1-12-6-5-7-13(2)15(12)21-11-10-17(3,16(19)20-4)18-14-8-9-14/h5-7,14,18H,8-11H2,1-4H3. The molecule has 2 rings (SSSR count). The lowest BCUT2D eigenvalue weighted by Gasteiger charge is -2.28. The van der Waals surface area contributed by atoms with Gasteiger partial charge in [-0.25, -0.2) is 0 Å². The van der Waals surface area contributed by atoms with Crippen molar-refractivity contribution in [3.05, 3.63) is 29.3 Å². The van der Waals surface area contributed by atoms with E-state index in [4.69, 9.17) is 9.47 Å². The van der Waals surface area contributed by atoms with Crippen LogP contribution in [0.25, 0.3) is 0 Å². The van der Waals surface area contributed by atoms with E-state index in [2.05, 4.69) is 5.32 Å². The lowest BCUT2D eigenvalue weighted by Crippen LogP contribution is -2.52. The van der Waals surface area contributed by atoms with Crippen LogP contribution in [0.2, 0.25) is 0 Å². The van der Waals surface area contributed by atoms with E-state index in [0.29, 0.717) is 19.1 Å². The second kappa shape index (κ2) is 6.48. The molecule has 0 saturated heterocycles. The number of hydrogen-bond donors (Lipinski definition) is 1. The molecule has 0 bridgehead atoms. The highest BCUT2D eigenvalue weighted by Crippen LogP contribution is 2.26. The fraction of sp³-hybridized carbons (Fsp3) is 0.588. The lowest BCUT2D eigenvalue weighted by molar-refractivity contribution is -0.148. The monoisotopic (exact) mass is 291 g/mol. The van der Waals surface area contributed by atoms with Crippen molar-refractivity contribution >= 4 is 5.97 Å². The van der Waals surface area contributed by atoms with E-state index in [1.54, 1.807) is 0 Å². The van der Waals surface area contributed by atoms with E-state index in [9.17, 15) is 4.79 Å². The Hall–Kier alpha value is -1.55. The van der Waals surface area contributed by atoms with Crippen LogP contribution >= 0.6 is 0 Å². The molecule has 1 saturated carbocycles. The molecular formula is C17H25NO3. The number of esters is 1. The van der Waals surface area contributed by atoms with E-state index in [1.165, 1.54) is 7.11 Å². The van der Waals surface area contributed by atoms with Gasteiger partial charge in [-0.2, -0.15) is 0 Å². The molecule has 21 heavy (non-hydrogen) atoms. The molecule has 1 unspecified atom stereocenters. The zero-order valence-corrected chi connectivity index (χ0v) is 13.4. The van der Waals surface area contributed by atoms with Crippen molar-refractivity contribution in [3.8, 4) is 5.75 Å². The van der Waals surface area contributed by atoms with Gasteiger partial charge in [0.2, 0.25) is 0 Å². The molecule has 0 radical (unpaired) electrons. The Bertz CT molecular complexity index is 491. The van der Waals surface area contributed by atoms with E-state index in [0.717, 1.165) is 29.7 Å². The summed E-state index contributed by atoms with van der Waals surface area (Å²) in [5.41, 5.74) is 1.56. The highest BCUT2D eigenvalue weighted by atomic mass is 16.5. The molecule has 1 aliphatic carbocycles. The van der Waals surface area contributed by atoms with Crippen LogP contribution in [0.3, 0.4) is 0 Å². The third-order valence-corrected chi connectivity index (χ3v) is 3.99. The molecule has 1 aromatic carbocycles. The maximum atomic E-state index is 12.0. The Labute approximate surface area is 126 Å². The van der Waals surface area contributed by atoms with Gasteiger partial charge >= 0.3 is 5.97 Å². The highest BCUT2D eigenvalue weighted by Gasteiger charge is 2.39. The normalized spacial score (nSPS) is 17.1. The first-order chi connectivity index (χ1) is 9.96. The maximum absolute atomic E-state index is 12.0. The fourth-order valence-electron chi connectivity index (χ4n) is 2.52. The zero-order chi connectivity index (χ0) is 15.5. The molecule has 0 heterocycles. The van der Waals surface area contributed by atoms with Gasteiger partial charge in [0.25, 0.3) is 0 Å². The summed E-state index contributed by atoms with van der Waals surface area (Å²) in [7, 11) is 1.43. The Morgan fingerprint density at radius 2 is 1.95 bits per heavy atom. The summed E-state index contributed by atoms with van der Waals surface area (Å²) >= 11 is 0. The third-order valence-electron chi connectivity index (χ3n) is 3.99. The summed E-state index contributed by atoms with van der Waals surface area (Å²) in [6.07, 6.45) is 2.85. The third kappa shape index (κ3) is 3.97. The second-order valence-corrected chi connectivity index (χ2v) is 6.06. The Morgan fingerprint density at radius 3 is 2.48 bits per heavy atom. The average molecular weight is 291 g/mol. The molecule has 1 aliphatic rings. The summed E-state index contributed by atoms with van der Waals surface area (Å²) in [4.78, 5) is 12.0. The largest absolute Gasteiger partial charge is 0.493 e. The number of aryl methyl sites for hydroxylation is 2. The number of methoxy groups -OCH3 is 1.